The topological polar surface area (TPSA) is 75.1 Å². The van der Waals surface area contributed by atoms with E-state index in [1.807, 2.05) is 13.8 Å². The van der Waals surface area contributed by atoms with Gasteiger partial charge in [-0.2, -0.15) is 4.37 Å². The van der Waals surface area contributed by atoms with Gasteiger partial charge in [0.1, 0.15) is 5.82 Å². The molecule has 1 aromatic heterocycles. The Morgan fingerprint density at radius 1 is 1.53 bits per heavy atom. The van der Waals surface area contributed by atoms with E-state index in [2.05, 4.69) is 21.6 Å². The van der Waals surface area contributed by atoms with Crippen LogP contribution in [0.5, 0.6) is 0 Å². The summed E-state index contributed by atoms with van der Waals surface area (Å²) >= 11 is 1.30. The fourth-order valence-electron chi connectivity index (χ4n) is 1.44. The average Bonchev–Trinajstić information content (AvgIpc) is 2.64. The zero-order valence-corrected chi connectivity index (χ0v) is 11.3. The Bertz CT molecular complexity index is 365. The third kappa shape index (κ3) is 4.68. The van der Waals surface area contributed by atoms with E-state index in [1.165, 1.54) is 11.5 Å². The predicted molar refractivity (Wildman–Crippen MR) is 68.4 cm³/mol. The summed E-state index contributed by atoms with van der Waals surface area (Å²) in [6.07, 6.45) is 1.97. The molecule has 1 atom stereocenters. The summed E-state index contributed by atoms with van der Waals surface area (Å²) in [5.41, 5.74) is 0. The molecule has 1 rings (SSSR count). The van der Waals surface area contributed by atoms with Gasteiger partial charge >= 0.3 is 5.97 Å². The van der Waals surface area contributed by atoms with E-state index >= 15 is 0 Å². The lowest BCUT2D eigenvalue weighted by Crippen LogP contribution is -2.28. The Balaban J connectivity index is 2.61. The van der Waals surface area contributed by atoms with Crippen molar-refractivity contribution in [1.29, 1.82) is 0 Å². The highest BCUT2D eigenvalue weighted by Gasteiger charge is 2.18. The van der Waals surface area contributed by atoms with E-state index in [9.17, 15) is 4.79 Å². The number of aryl methyl sites for hydroxylation is 1. The van der Waals surface area contributed by atoms with E-state index in [0.29, 0.717) is 5.13 Å². The van der Waals surface area contributed by atoms with Crippen LogP contribution in [0.4, 0.5) is 5.13 Å². The molecule has 1 unspecified atom stereocenters. The number of carboxylic acids is 1. The largest absolute Gasteiger partial charge is 0.481 e. The van der Waals surface area contributed by atoms with E-state index < -0.39 is 5.97 Å². The number of aliphatic carboxylic acids is 1. The minimum atomic E-state index is -0.797. The molecule has 0 aliphatic rings. The van der Waals surface area contributed by atoms with E-state index in [1.54, 1.807) is 0 Å². The first-order chi connectivity index (χ1) is 8.02. The number of carbonyl (C=O) groups is 1. The Kier molecular flexibility index (Phi) is 5.34. The van der Waals surface area contributed by atoms with Crippen LogP contribution in [0.3, 0.4) is 0 Å². The van der Waals surface area contributed by atoms with Crippen LogP contribution in [0.15, 0.2) is 0 Å². The summed E-state index contributed by atoms with van der Waals surface area (Å²) in [4.78, 5) is 15.1. The molecule has 0 aliphatic carbocycles. The summed E-state index contributed by atoms with van der Waals surface area (Å²) in [6, 6.07) is -0.102. The lowest BCUT2D eigenvalue weighted by molar-refractivity contribution is -0.137. The van der Waals surface area contributed by atoms with E-state index in [0.717, 1.165) is 18.7 Å². The molecule has 0 bridgehead atoms. The molecule has 0 radical (unpaired) electrons. The summed E-state index contributed by atoms with van der Waals surface area (Å²) in [5.74, 6) is 0.275. The van der Waals surface area contributed by atoms with Gasteiger partial charge in [0.25, 0.3) is 0 Å². The van der Waals surface area contributed by atoms with Crippen molar-refractivity contribution in [1.82, 2.24) is 9.36 Å². The van der Waals surface area contributed by atoms with E-state index in [-0.39, 0.29) is 18.4 Å². The van der Waals surface area contributed by atoms with Gasteiger partial charge in [-0.25, -0.2) is 4.98 Å². The second kappa shape index (κ2) is 6.54. The molecule has 0 fully saturated rings. The van der Waals surface area contributed by atoms with Gasteiger partial charge in [0.15, 0.2) is 0 Å². The molecule has 96 valence electrons. The first-order valence-electron chi connectivity index (χ1n) is 5.83. The number of hydrogen-bond acceptors (Lipinski definition) is 5. The van der Waals surface area contributed by atoms with Crippen molar-refractivity contribution in [2.45, 2.75) is 46.1 Å². The Morgan fingerprint density at radius 2 is 2.24 bits per heavy atom. The number of nitrogens with one attached hydrogen (secondary N) is 1. The molecule has 0 saturated carbocycles. The molecular formula is C11H19N3O2S. The maximum absolute atomic E-state index is 10.7. The lowest BCUT2D eigenvalue weighted by Gasteiger charge is -2.19. The number of nitrogens with zero attached hydrogens (tertiary/aromatic N) is 2. The maximum atomic E-state index is 10.7. The van der Waals surface area contributed by atoms with Crippen LogP contribution >= 0.6 is 11.5 Å². The first kappa shape index (κ1) is 13.9. The van der Waals surface area contributed by atoms with Crippen molar-refractivity contribution >= 4 is 22.6 Å². The predicted octanol–water partition coefficient (Wildman–Crippen LogP) is 2.40. The van der Waals surface area contributed by atoms with Crippen molar-refractivity contribution in [3.63, 3.8) is 0 Å². The summed E-state index contributed by atoms with van der Waals surface area (Å²) in [7, 11) is 0. The second-order valence-corrected chi connectivity index (χ2v) is 5.11. The van der Waals surface area contributed by atoms with Crippen molar-refractivity contribution < 1.29 is 9.90 Å². The molecule has 2 N–H and O–H groups in total. The monoisotopic (exact) mass is 257 g/mol. The Labute approximate surface area is 105 Å². The zero-order chi connectivity index (χ0) is 12.8. The fourth-order valence-corrected chi connectivity index (χ4v) is 2.11. The normalized spacial score (nSPS) is 12.7. The molecule has 1 aromatic rings. The Morgan fingerprint density at radius 3 is 2.76 bits per heavy atom. The van der Waals surface area contributed by atoms with Gasteiger partial charge in [-0.1, -0.05) is 20.8 Å². The van der Waals surface area contributed by atoms with Crippen LogP contribution in [-0.2, 0) is 11.2 Å². The molecule has 0 aliphatic heterocycles. The molecular weight excluding hydrogens is 238 g/mol. The Hall–Kier alpha value is -1.17. The number of anilines is 1. The second-order valence-electron chi connectivity index (χ2n) is 4.36. The number of rotatable bonds is 7. The number of hydrogen-bond donors (Lipinski definition) is 2. The summed E-state index contributed by atoms with van der Waals surface area (Å²) < 4.78 is 4.22. The smallest absolute Gasteiger partial charge is 0.305 e. The van der Waals surface area contributed by atoms with Crippen LogP contribution in [0, 0.1) is 5.92 Å². The summed E-state index contributed by atoms with van der Waals surface area (Å²) in [5, 5.41) is 12.7. The zero-order valence-electron chi connectivity index (χ0n) is 10.4. The van der Waals surface area contributed by atoms with Gasteiger partial charge in [-0.05, 0) is 12.3 Å². The van der Waals surface area contributed by atoms with Crippen LogP contribution < -0.4 is 5.32 Å². The number of aromatic nitrogens is 2. The standard InChI is InChI=1S/C11H19N3O2S/c1-4-5-9-13-11(17-14-9)12-8(7(2)3)6-10(15)16/h7-8H,4-6H2,1-3H3,(H,15,16)(H,12,13,14). The van der Waals surface area contributed by atoms with E-state index in [4.69, 9.17) is 5.11 Å². The van der Waals surface area contributed by atoms with Crippen LogP contribution in [0.1, 0.15) is 39.4 Å². The minimum absolute atomic E-state index is 0.0976. The molecule has 0 saturated heterocycles. The molecule has 5 nitrogen and oxygen atoms in total. The van der Waals surface area contributed by atoms with Gasteiger partial charge in [-0.3, -0.25) is 4.79 Å². The maximum Gasteiger partial charge on any atom is 0.305 e. The van der Waals surface area contributed by atoms with Gasteiger partial charge < -0.3 is 10.4 Å². The van der Waals surface area contributed by atoms with Gasteiger partial charge in [-0.15, -0.1) is 0 Å². The number of carboxylic acid groups (broad SMARTS) is 1. The van der Waals surface area contributed by atoms with Gasteiger partial charge in [0.2, 0.25) is 5.13 Å². The van der Waals surface area contributed by atoms with Crippen molar-refractivity contribution in [2.75, 3.05) is 5.32 Å². The molecule has 0 aromatic carbocycles. The molecule has 6 heteroatoms. The fraction of sp³-hybridized carbons (Fsp3) is 0.727. The van der Waals surface area contributed by atoms with Crippen molar-refractivity contribution in [3.05, 3.63) is 5.82 Å². The van der Waals surface area contributed by atoms with Crippen LogP contribution in [0.2, 0.25) is 0 Å². The molecule has 0 spiro atoms. The highest BCUT2D eigenvalue weighted by atomic mass is 32.1. The van der Waals surface area contributed by atoms with Crippen molar-refractivity contribution in [3.8, 4) is 0 Å². The minimum Gasteiger partial charge on any atom is -0.481 e. The average molecular weight is 257 g/mol. The highest BCUT2D eigenvalue weighted by molar-refractivity contribution is 7.09. The van der Waals surface area contributed by atoms with Gasteiger partial charge in [0.05, 0.1) is 6.42 Å². The summed E-state index contributed by atoms with van der Waals surface area (Å²) in [6.45, 7) is 6.07. The molecule has 1 heterocycles. The first-order valence-corrected chi connectivity index (χ1v) is 6.61. The van der Waals surface area contributed by atoms with Crippen LogP contribution in [-0.4, -0.2) is 26.5 Å². The SMILES string of the molecule is CCCc1nsc(NC(CC(=O)O)C(C)C)n1. The highest BCUT2D eigenvalue weighted by Crippen LogP contribution is 2.17. The third-order valence-electron chi connectivity index (χ3n) is 2.45. The molecule has 17 heavy (non-hydrogen) atoms. The van der Waals surface area contributed by atoms with Crippen LogP contribution in [0.25, 0.3) is 0 Å². The quantitative estimate of drug-likeness (QED) is 0.784. The third-order valence-corrected chi connectivity index (χ3v) is 3.13. The lowest BCUT2D eigenvalue weighted by atomic mass is 10.0. The van der Waals surface area contributed by atoms with Crippen molar-refractivity contribution in [2.24, 2.45) is 5.92 Å². The molecule has 0 amide bonds. The van der Waals surface area contributed by atoms with Gasteiger partial charge in [0, 0.05) is 24.0 Å².